The van der Waals surface area contributed by atoms with Crippen LogP contribution in [0.3, 0.4) is 0 Å². The molecule has 1 unspecified atom stereocenters. The van der Waals surface area contributed by atoms with Crippen molar-refractivity contribution in [3.05, 3.63) is 35.4 Å². The number of carbonyl (C=O) groups is 1. The molecule has 29 heavy (non-hydrogen) atoms. The third-order valence-electron chi connectivity index (χ3n) is 5.82. The van der Waals surface area contributed by atoms with Crippen LogP contribution in [-0.4, -0.2) is 99.2 Å². The third kappa shape index (κ3) is 6.18. The Morgan fingerprint density at radius 3 is 2.34 bits per heavy atom. The zero-order valence-electron chi connectivity index (χ0n) is 18.1. The molecule has 1 N–H and O–H groups in total. The summed E-state index contributed by atoms with van der Waals surface area (Å²) in [6, 6.07) is 8.74. The van der Waals surface area contributed by atoms with Gasteiger partial charge in [-0.25, -0.2) is 0 Å². The van der Waals surface area contributed by atoms with Gasteiger partial charge in [0.25, 0.3) is 0 Å². The van der Waals surface area contributed by atoms with Crippen LogP contribution < -0.4 is 5.32 Å². The van der Waals surface area contributed by atoms with E-state index in [9.17, 15) is 4.79 Å². The minimum Gasteiger partial charge on any atom is -0.378 e. The molecule has 0 bridgehead atoms. The van der Waals surface area contributed by atoms with E-state index in [1.807, 2.05) is 11.9 Å². The van der Waals surface area contributed by atoms with Crippen molar-refractivity contribution in [3.8, 4) is 0 Å². The fourth-order valence-electron chi connectivity index (χ4n) is 3.81. The zero-order chi connectivity index (χ0) is 20.6. The van der Waals surface area contributed by atoms with Crippen molar-refractivity contribution in [2.75, 3.05) is 72.6 Å². The number of hydrogen-bond donors (Lipinski definition) is 1. The first-order valence-electron chi connectivity index (χ1n) is 10.7. The quantitative estimate of drug-likeness (QED) is 0.593. The fourth-order valence-corrected chi connectivity index (χ4v) is 3.81. The normalized spacial score (nSPS) is 19.9. The summed E-state index contributed by atoms with van der Waals surface area (Å²) in [6.07, 6.45) is 0. The summed E-state index contributed by atoms with van der Waals surface area (Å²) < 4.78 is 5.33. The molecule has 1 atom stereocenters. The van der Waals surface area contributed by atoms with Crippen molar-refractivity contribution in [2.45, 2.75) is 19.8 Å². The number of nitrogens with zero attached hydrogens (tertiary/aromatic N) is 4. The minimum atomic E-state index is 0.219. The molecular formula is C22H35N5O2. The maximum Gasteiger partial charge on any atom is 0.236 e. The predicted octanol–water partition coefficient (Wildman–Crippen LogP) is 1.15. The smallest absolute Gasteiger partial charge is 0.236 e. The molecule has 7 nitrogen and oxygen atoms in total. The van der Waals surface area contributed by atoms with Crippen LogP contribution in [0.4, 0.5) is 0 Å². The van der Waals surface area contributed by atoms with Crippen molar-refractivity contribution in [1.29, 1.82) is 0 Å². The highest BCUT2D eigenvalue weighted by Crippen LogP contribution is 2.15. The Kier molecular flexibility index (Phi) is 7.89. The molecular weight excluding hydrogens is 366 g/mol. The first-order chi connectivity index (χ1) is 14.1. The summed E-state index contributed by atoms with van der Waals surface area (Å²) in [4.78, 5) is 23.4. The summed E-state index contributed by atoms with van der Waals surface area (Å²) in [5.41, 5.74) is 2.62. The van der Waals surface area contributed by atoms with Gasteiger partial charge in [0.2, 0.25) is 5.91 Å². The number of morpholine rings is 1. The summed E-state index contributed by atoms with van der Waals surface area (Å²) in [6.45, 7) is 12.0. The third-order valence-corrected chi connectivity index (χ3v) is 5.82. The van der Waals surface area contributed by atoms with Gasteiger partial charge in [-0.05, 0) is 18.4 Å². The number of piperazine rings is 1. The van der Waals surface area contributed by atoms with Gasteiger partial charge in [-0.2, -0.15) is 0 Å². The number of benzene rings is 1. The number of hydrogen-bond acceptors (Lipinski definition) is 4. The molecule has 0 aromatic heterocycles. The Hall–Kier alpha value is -2.12. The van der Waals surface area contributed by atoms with Gasteiger partial charge < -0.3 is 19.9 Å². The molecule has 2 aliphatic heterocycles. The summed E-state index contributed by atoms with van der Waals surface area (Å²) in [5, 5.41) is 3.53. The van der Waals surface area contributed by atoms with Crippen LogP contribution in [0.2, 0.25) is 0 Å². The standard InChI is InChI=1S/C22H35N5O2/c1-18-4-6-20(7-5-18)19(2)16-24-22(23-3)27-10-8-25(9-11-27)17-21(28)26-12-14-29-15-13-26/h4-7,19H,8-17H2,1-3H3,(H,23,24). The number of aryl methyl sites for hydroxylation is 1. The first kappa shape index (κ1) is 21.6. The van der Waals surface area contributed by atoms with E-state index in [1.165, 1.54) is 11.1 Å². The molecule has 7 heteroatoms. The molecule has 0 aliphatic carbocycles. The van der Waals surface area contributed by atoms with Crippen LogP contribution in [0.5, 0.6) is 0 Å². The first-order valence-corrected chi connectivity index (χ1v) is 10.7. The summed E-state index contributed by atoms with van der Waals surface area (Å²) in [5.74, 6) is 1.58. The Bertz CT molecular complexity index is 677. The van der Waals surface area contributed by atoms with Crippen molar-refractivity contribution in [2.24, 2.45) is 4.99 Å². The molecule has 1 aromatic rings. The molecule has 1 aromatic carbocycles. The van der Waals surface area contributed by atoms with E-state index in [2.05, 4.69) is 58.2 Å². The Morgan fingerprint density at radius 1 is 1.07 bits per heavy atom. The molecule has 2 saturated heterocycles. The van der Waals surface area contributed by atoms with Crippen molar-refractivity contribution in [3.63, 3.8) is 0 Å². The molecule has 2 heterocycles. The van der Waals surface area contributed by atoms with Gasteiger partial charge >= 0.3 is 0 Å². The lowest BCUT2D eigenvalue weighted by atomic mass is 10.0. The molecule has 1 amide bonds. The second-order valence-electron chi connectivity index (χ2n) is 8.00. The van der Waals surface area contributed by atoms with E-state index in [-0.39, 0.29) is 5.91 Å². The SMILES string of the molecule is CN=C(NCC(C)c1ccc(C)cc1)N1CCN(CC(=O)N2CCOCC2)CC1. The van der Waals surface area contributed by atoms with E-state index in [0.717, 1.165) is 38.7 Å². The average molecular weight is 402 g/mol. The highest BCUT2D eigenvalue weighted by atomic mass is 16.5. The van der Waals surface area contributed by atoms with E-state index >= 15 is 0 Å². The number of rotatable bonds is 5. The lowest BCUT2D eigenvalue weighted by molar-refractivity contribution is -0.136. The zero-order valence-corrected chi connectivity index (χ0v) is 18.1. The number of ether oxygens (including phenoxy) is 1. The van der Waals surface area contributed by atoms with E-state index < -0.39 is 0 Å². The van der Waals surface area contributed by atoms with Crippen LogP contribution in [0.1, 0.15) is 24.0 Å². The van der Waals surface area contributed by atoms with Gasteiger partial charge in [0.05, 0.1) is 19.8 Å². The van der Waals surface area contributed by atoms with Gasteiger partial charge in [-0.1, -0.05) is 36.8 Å². The highest BCUT2D eigenvalue weighted by Gasteiger charge is 2.24. The molecule has 0 spiro atoms. The van der Waals surface area contributed by atoms with Crippen molar-refractivity contribution >= 4 is 11.9 Å². The number of amides is 1. The Balaban J connectivity index is 1.42. The second kappa shape index (κ2) is 10.6. The van der Waals surface area contributed by atoms with Crippen molar-refractivity contribution < 1.29 is 9.53 Å². The number of guanidine groups is 1. The minimum absolute atomic E-state index is 0.219. The summed E-state index contributed by atoms with van der Waals surface area (Å²) >= 11 is 0. The Morgan fingerprint density at radius 2 is 1.72 bits per heavy atom. The predicted molar refractivity (Wildman–Crippen MR) is 116 cm³/mol. The average Bonchev–Trinajstić information content (AvgIpc) is 2.76. The fraction of sp³-hybridized carbons (Fsp3) is 0.636. The van der Waals surface area contributed by atoms with Crippen LogP contribution in [0.15, 0.2) is 29.3 Å². The van der Waals surface area contributed by atoms with E-state index in [4.69, 9.17) is 4.74 Å². The number of aliphatic imine (C=N–C) groups is 1. The van der Waals surface area contributed by atoms with Gasteiger partial charge in [-0.15, -0.1) is 0 Å². The van der Waals surface area contributed by atoms with Gasteiger partial charge in [-0.3, -0.25) is 14.7 Å². The lowest BCUT2D eigenvalue weighted by Gasteiger charge is -2.37. The van der Waals surface area contributed by atoms with Crippen molar-refractivity contribution in [1.82, 2.24) is 20.0 Å². The van der Waals surface area contributed by atoms with Gasteiger partial charge in [0.15, 0.2) is 5.96 Å². The van der Waals surface area contributed by atoms with E-state index in [0.29, 0.717) is 38.8 Å². The molecule has 160 valence electrons. The maximum atomic E-state index is 12.5. The largest absolute Gasteiger partial charge is 0.378 e. The van der Waals surface area contributed by atoms with Gasteiger partial charge in [0, 0.05) is 52.9 Å². The molecule has 0 saturated carbocycles. The molecule has 0 radical (unpaired) electrons. The lowest BCUT2D eigenvalue weighted by Crippen LogP contribution is -2.55. The maximum absolute atomic E-state index is 12.5. The van der Waals surface area contributed by atoms with Crippen LogP contribution in [-0.2, 0) is 9.53 Å². The topological polar surface area (TPSA) is 60.4 Å². The molecule has 2 fully saturated rings. The van der Waals surface area contributed by atoms with Crippen LogP contribution in [0, 0.1) is 6.92 Å². The van der Waals surface area contributed by atoms with Crippen LogP contribution >= 0.6 is 0 Å². The van der Waals surface area contributed by atoms with Crippen LogP contribution in [0.25, 0.3) is 0 Å². The van der Waals surface area contributed by atoms with Gasteiger partial charge in [0.1, 0.15) is 0 Å². The highest BCUT2D eigenvalue weighted by molar-refractivity contribution is 5.80. The molecule has 3 rings (SSSR count). The number of nitrogens with one attached hydrogen (secondary N) is 1. The number of carbonyl (C=O) groups excluding carboxylic acids is 1. The second-order valence-corrected chi connectivity index (χ2v) is 8.00. The monoisotopic (exact) mass is 401 g/mol. The summed E-state index contributed by atoms with van der Waals surface area (Å²) in [7, 11) is 1.84. The molecule has 2 aliphatic rings. The Labute approximate surface area is 174 Å². The van der Waals surface area contributed by atoms with E-state index in [1.54, 1.807) is 0 Å².